The van der Waals surface area contributed by atoms with Crippen molar-refractivity contribution in [2.45, 2.75) is 25.9 Å². The smallest absolute Gasteiger partial charge is 0.115 e. The molecule has 1 saturated heterocycles. The maximum absolute atomic E-state index is 10.8. The highest BCUT2D eigenvalue weighted by atomic mass is 32.2. The summed E-state index contributed by atoms with van der Waals surface area (Å²) < 4.78 is 0. The van der Waals surface area contributed by atoms with E-state index in [0.717, 1.165) is 23.5 Å². The molecule has 2 heterocycles. The number of thioether (sulfide) groups is 1. The second kappa shape index (κ2) is 3.76. The standard InChI is InChI=1S/C11H16N2OS/c1-10(2)3-4-15-7-11(10,14)9-5-12-8-13-6-9/h5-6,8,14H,3-4,7H2,1-2H3. The van der Waals surface area contributed by atoms with Gasteiger partial charge in [-0.2, -0.15) is 11.8 Å². The Labute approximate surface area is 94.3 Å². The maximum atomic E-state index is 10.8. The van der Waals surface area contributed by atoms with Crippen molar-refractivity contribution in [1.29, 1.82) is 0 Å². The predicted octanol–water partition coefficient (Wildman–Crippen LogP) is 1.83. The third-order valence-corrected chi connectivity index (χ3v) is 4.45. The summed E-state index contributed by atoms with van der Waals surface area (Å²) in [5.41, 5.74) is -0.0673. The summed E-state index contributed by atoms with van der Waals surface area (Å²) in [6, 6.07) is 0. The molecule has 0 spiro atoms. The van der Waals surface area contributed by atoms with Crippen LogP contribution >= 0.6 is 11.8 Å². The van der Waals surface area contributed by atoms with Gasteiger partial charge in [-0.3, -0.25) is 0 Å². The Morgan fingerprint density at radius 1 is 1.33 bits per heavy atom. The Hall–Kier alpha value is -0.610. The van der Waals surface area contributed by atoms with Crippen LogP contribution in [0.1, 0.15) is 25.8 Å². The van der Waals surface area contributed by atoms with Crippen LogP contribution in [-0.2, 0) is 5.60 Å². The first kappa shape index (κ1) is 10.9. The van der Waals surface area contributed by atoms with Crippen molar-refractivity contribution in [1.82, 2.24) is 9.97 Å². The third-order valence-electron chi connectivity index (χ3n) is 3.34. The molecule has 1 unspecified atom stereocenters. The lowest BCUT2D eigenvalue weighted by atomic mass is 9.70. The van der Waals surface area contributed by atoms with Gasteiger partial charge < -0.3 is 5.11 Å². The highest BCUT2D eigenvalue weighted by Crippen LogP contribution is 2.47. The van der Waals surface area contributed by atoms with Gasteiger partial charge in [0.2, 0.25) is 0 Å². The third kappa shape index (κ3) is 1.76. The first-order valence-corrected chi connectivity index (χ1v) is 6.27. The van der Waals surface area contributed by atoms with Crippen molar-refractivity contribution in [3.63, 3.8) is 0 Å². The van der Waals surface area contributed by atoms with E-state index in [0.29, 0.717) is 0 Å². The van der Waals surface area contributed by atoms with E-state index in [1.165, 1.54) is 6.33 Å². The van der Waals surface area contributed by atoms with E-state index in [4.69, 9.17) is 0 Å². The largest absolute Gasteiger partial charge is 0.384 e. The van der Waals surface area contributed by atoms with Gasteiger partial charge in [0.05, 0.1) is 0 Å². The first-order valence-electron chi connectivity index (χ1n) is 5.12. The molecule has 0 aromatic carbocycles. The molecule has 0 amide bonds. The topological polar surface area (TPSA) is 46.0 Å². The second-order valence-corrected chi connectivity index (χ2v) is 5.78. The van der Waals surface area contributed by atoms with Gasteiger partial charge >= 0.3 is 0 Å². The second-order valence-electron chi connectivity index (χ2n) is 4.67. The van der Waals surface area contributed by atoms with E-state index in [-0.39, 0.29) is 5.41 Å². The molecular formula is C11H16N2OS. The quantitative estimate of drug-likeness (QED) is 0.790. The van der Waals surface area contributed by atoms with Crippen LogP contribution in [0.5, 0.6) is 0 Å². The molecule has 0 saturated carbocycles. The number of aromatic nitrogens is 2. The molecule has 0 aliphatic carbocycles. The van der Waals surface area contributed by atoms with Crippen LogP contribution in [0.2, 0.25) is 0 Å². The van der Waals surface area contributed by atoms with Crippen molar-refractivity contribution in [3.05, 3.63) is 24.3 Å². The fourth-order valence-electron chi connectivity index (χ4n) is 1.94. The summed E-state index contributed by atoms with van der Waals surface area (Å²) in [6.45, 7) is 4.22. The molecule has 82 valence electrons. The Morgan fingerprint density at radius 3 is 2.60 bits per heavy atom. The number of aliphatic hydroxyl groups is 1. The SMILES string of the molecule is CC1(C)CCSCC1(O)c1cncnc1. The Bertz CT molecular complexity index is 342. The Kier molecular flexibility index (Phi) is 2.73. The van der Waals surface area contributed by atoms with Crippen molar-refractivity contribution in [2.75, 3.05) is 11.5 Å². The van der Waals surface area contributed by atoms with E-state index in [1.807, 2.05) is 0 Å². The van der Waals surface area contributed by atoms with Crippen LogP contribution < -0.4 is 0 Å². The molecule has 1 atom stereocenters. The molecule has 0 bridgehead atoms. The molecule has 1 aliphatic heterocycles. The van der Waals surface area contributed by atoms with Gasteiger partial charge in [0.1, 0.15) is 11.9 Å². The van der Waals surface area contributed by atoms with E-state index in [9.17, 15) is 5.11 Å². The molecule has 2 rings (SSSR count). The minimum Gasteiger partial charge on any atom is -0.384 e. The molecule has 1 aliphatic rings. The maximum Gasteiger partial charge on any atom is 0.115 e. The number of nitrogens with zero attached hydrogens (tertiary/aromatic N) is 2. The van der Waals surface area contributed by atoms with Gasteiger partial charge in [-0.15, -0.1) is 0 Å². The molecule has 15 heavy (non-hydrogen) atoms. The molecular weight excluding hydrogens is 208 g/mol. The summed E-state index contributed by atoms with van der Waals surface area (Å²) in [5, 5.41) is 10.8. The molecule has 4 heteroatoms. The minimum atomic E-state index is -0.794. The van der Waals surface area contributed by atoms with E-state index >= 15 is 0 Å². The van der Waals surface area contributed by atoms with Gasteiger partial charge in [-0.05, 0) is 17.6 Å². The fourth-order valence-corrected chi connectivity index (χ4v) is 3.59. The van der Waals surface area contributed by atoms with Gasteiger partial charge in [-0.25, -0.2) is 9.97 Å². The van der Waals surface area contributed by atoms with Crippen LogP contribution in [0, 0.1) is 5.41 Å². The van der Waals surface area contributed by atoms with Crippen molar-refractivity contribution >= 4 is 11.8 Å². The zero-order valence-corrected chi connectivity index (χ0v) is 9.92. The predicted molar refractivity (Wildman–Crippen MR) is 61.7 cm³/mol. The van der Waals surface area contributed by atoms with Crippen LogP contribution in [-0.4, -0.2) is 26.6 Å². The van der Waals surface area contributed by atoms with Crippen molar-refractivity contribution in [3.8, 4) is 0 Å². The average molecular weight is 224 g/mol. The fraction of sp³-hybridized carbons (Fsp3) is 0.636. The van der Waals surface area contributed by atoms with E-state index < -0.39 is 5.60 Å². The van der Waals surface area contributed by atoms with Gasteiger partial charge in [0.15, 0.2) is 0 Å². The summed E-state index contributed by atoms with van der Waals surface area (Å²) in [4.78, 5) is 7.98. The number of hydrogen-bond acceptors (Lipinski definition) is 4. The molecule has 3 nitrogen and oxygen atoms in total. The molecule has 1 fully saturated rings. The molecule has 1 aromatic rings. The molecule has 1 N–H and O–H groups in total. The monoisotopic (exact) mass is 224 g/mol. The van der Waals surface area contributed by atoms with E-state index in [1.54, 1.807) is 24.2 Å². The lowest BCUT2D eigenvalue weighted by Crippen LogP contribution is -2.47. The summed E-state index contributed by atoms with van der Waals surface area (Å²) >= 11 is 1.79. The average Bonchev–Trinajstić information content (AvgIpc) is 2.24. The van der Waals surface area contributed by atoms with Gasteiger partial charge in [-0.1, -0.05) is 13.8 Å². The Balaban J connectivity index is 2.40. The lowest BCUT2D eigenvalue weighted by molar-refractivity contribution is -0.0583. The normalized spacial score (nSPS) is 30.1. The summed E-state index contributed by atoms with van der Waals surface area (Å²) in [6.07, 6.45) is 5.96. The summed E-state index contributed by atoms with van der Waals surface area (Å²) in [5.74, 6) is 1.84. The van der Waals surface area contributed by atoms with Gasteiger partial charge in [0, 0.05) is 23.7 Å². The molecule has 0 radical (unpaired) electrons. The van der Waals surface area contributed by atoms with Crippen LogP contribution in [0.15, 0.2) is 18.7 Å². The lowest BCUT2D eigenvalue weighted by Gasteiger charge is -2.46. The zero-order chi connectivity index (χ0) is 10.9. The van der Waals surface area contributed by atoms with Crippen LogP contribution in [0.3, 0.4) is 0 Å². The molecule has 1 aromatic heterocycles. The van der Waals surface area contributed by atoms with Crippen molar-refractivity contribution < 1.29 is 5.11 Å². The first-order chi connectivity index (χ1) is 7.06. The van der Waals surface area contributed by atoms with Crippen LogP contribution in [0.4, 0.5) is 0 Å². The number of hydrogen-bond donors (Lipinski definition) is 1. The van der Waals surface area contributed by atoms with Crippen molar-refractivity contribution in [2.24, 2.45) is 5.41 Å². The van der Waals surface area contributed by atoms with Crippen LogP contribution in [0.25, 0.3) is 0 Å². The Morgan fingerprint density at radius 2 is 2.00 bits per heavy atom. The zero-order valence-electron chi connectivity index (χ0n) is 9.10. The minimum absolute atomic E-state index is 0.108. The number of rotatable bonds is 1. The van der Waals surface area contributed by atoms with Gasteiger partial charge in [0.25, 0.3) is 0 Å². The summed E-state index contributed by atoms with van der Waals surface area (Å²) in [7, 11) is 0. The highest BCUT2D eigenvalue weighted by molar-refractivity contribution is 7.99. The van der Waals surface area contributed by atoms with E-state index in [2.05, 4.69) is 23.8 Å². The highest BCUT2D eigenvalue weighted by Gasteiger charge is 2.47.